The molecule has 1 saturated carbocycles. The third-order valence-corrected chi connectivity index (χ3v) is 4.62. The first-order valence-electron chi connectivity index (χ1n) is 8.35. The Morgan fingerprint density at radius 1 is 1.17 bits per heavy atom. The fourth-order valence-electron chi connectivity index (χ4n) is 2.98. The van der Waals surface area contributed by atoms with Crippen molar-refractivity contribution in [1.29, 1.82) is 0 Å². The van der Waals surface area contributed by atoms with Gasteiger partial charge in [-0.3, -0.25) is 4.79 Å². The summed E-state index contributed by atoms with van der Waals surface area (Å²) in [6.45, 7) is 4.54. The van der Waals surface area contributed by atoms with Gasteiger partial charge >= 0.3 is 0 Å². The number of rotatable bonds is 6. The van der Waals surface area contributed by atoms with Gasteiger partial charge in [0.15, 0.2) is 0 Å². The topological polar surface area (TPSA) is 38.3 Å². The molecule has 1 fully saturated rings. The van der Waals surface area contributed by atoms with E-state index in [1.807, 2.05) is 38.1 Å². The van der Waals surface area contributed by atoms with Gasteiger partial charge in [0.25, 0.3) is 0 Å². The SMILES string of the molecule is CCOc1ccc(C(C)NC(=O)C2(c3ccc(F)cc3)CC2)cc1. The zero-order chi connectivity index (χ0) is 17.2. The molecule has 1 unspecified atom stereocenters. The summed E-state index contributed by atoms with van der Waals surface area (Å²) in [5.41, 5.74) is 1.43. The van der Waals surface area contributed by atoms with Crippen molar-refractivity contribution in [3.05, 3.63) is 65.5 Å². The zero-order valence-corrected chi connectivity index (χ0v) is 14.0. The van der Waals surface area contributed by atoms with Crippen LogP contribution in [0.3, 0.4) is 0 Å². The molecule has 2 aromatic carbocycles. The van der Waals surface area contributed by atoms with E-state index in [4.69, 9.17) is 4.74 Å². The lowest BCUT2D eigenvalue weighted by atomic mass is 9.94. The lowest BCUT2D eigenvalue weighted by molar-refractivity contribution is -0.124. The summed E-state index contributed by atoms with van der Waals surface area (Å²) in [6.07, 6.45) is 1.61. The minimum absolute atomic E-state index is 0.00972. The first kappa shape index (κ1) is 16.5. The van der Waals surface area contributed by atoms with Gasteiger partial charge in [0.05, 0.1) is 18.1 Å². The van der Waals surface area contributed by atoms with Crippen molar-refractivity contribution in [3.8, 4) is 5.75 Å². The molecule has 2 aromatic rings. The zero-order valence-electron chi connectivity index (χ0n) is 14.0. The standard InChI is InChI=1S/C20H22FNO2/c1-3-24-18-10-4-15(5-11-18)14(2)22-19(23)20(12-13-20)16-6-8-17(21)9-7-16/h4-11,14H,3,12-13H2,1-2H3,(H,22,23). The van der Waals surface area contributed by atoms with E-state index in [1.165, 1.54) is 12.1 Å². The van der Waals surface area contributed by atoms with Crippen LogP contribution in [-0.2, 0) is 10.2 Å². The molecule has 0 saturated heterocycles. The molecular formula is C20H22FNO2. The highest BCUT2D eigenvalue weighted by Gasteiger charge is 2.51. The Balaban J connectivity index is 1.68. The number of nitrogens with one attached hydrogen (secondary N) is 1. The molecule has 3 rings (SSSR count). The lowest BCUT2D eigenvalue weighted by Crippen LogP contribution is -2.36. The van der Waals surface area contributed by atoms with Crippen LogP contribution in [0.2, 0.25) is 0 Å². The van der Waals surface area contributed by atoms with Crippen LogP contribution in [0, 0.1) is 5.82 Å². The Morgan fingerprint density at radius 3 is 2.33 bits per heavy atom. The number of amides is 1. The molecule has 0 bridgehead atoms. The number of halogens is 1. The van der Waals surface area contributed by atoms with E-state index in [0.717, 1.165) is 29.7 Å². The second-order valence-corrected chi connectivity index (χ2v) is 6.29. The predicted octanol–water partition coefficient (Wildman–Crippen LogP) is 4.13. The van der Waals surface area contributed by atoms with Crippen molar-refractivity contribution in [2.45, 2.75) is 38.1 Å². The van der Waals surface area contributed by atoms with Crippen LogP contribution >= 0.6 is 0 Å². The lowest BCUT2D eigenvalue weighted by Gasteiger charge is -2.20. The highest BCUT2D eigenvalue weighted by molar-refractivity contribution is 5.91. The average Bonchev–Trinajstić information content (AvgIpc) is 3.38. The second-order valence-electron chi connectivity index (χ2n) is 6.29. The van der Waals surface area contributed by atoms with E-state index in [9.17, 15) is 9.18 Å². The fraction of sp³-hybridized carbons (Fsp3) is 0.350. The molecule has 3 nitrogen and oxygen atoms in total. The Kier molecular flexibility index (Phi) is 4.56. The Morgan fingerprint density at radius 2 is 1.79 bits per heavy atom. The summed E-state index contributed by atoms with van der Waals surface area (Å²) in [4.78, 5) is 12.7. The normalized spacial score (nSPS) is 16.3. The first-order valence-corrected chi connectivity index (χ1v) is 8.35. The fourth-order valence-corrected chi connectivity index (χ4v) is 2.98. The Hall–Kier alpha value is -2.36. The first-order chi connectivity index (χ1) is 11.5. The quantitative estimate of drug-likeness (QED) is 0.866. The molecule has 126 valence electrons. The van der Waals surface area contributed by atoms with Gasteiger partial charge in [0, 0.05) is 0 Å². The van der Waals surface area contributed by atoms with Crippen LogP contribution in [0.1, 0.15) is 43.9 Å². The number of hydrogen-bond acceptors (Lipinski definition) is 2. The summed E-state index contributed by atoms with van der Waals surface area (Å²) in [5, 5.41) is 3.09. The summed E-state index contributed by atoms with van der Waals surface area (Å²) >= 11 is 0. The minimum atomic E-state index is -0.493. The minimum Gasteiger partial charge on any atom is -0.494 e. The summed E-state index contributed by atoms with van der Waals surface area (Å²) < 4.78 is 18.5. The molecule has 24 heavy (non-hydrogen) atoms. The highest BCUT2D eigenvalue weighted by atomic mass is 19.1. The maximum atomic E-state index is 13.1. The third-order valence-electron chi connectivity index (χ3n) is 4.62. The highest BCUT2D eigenvalue weighted by Crippen LogP contribution is 2.48. The number of carbonyl (C=O) groups is 1. The molecule has 1 atom stereocenters. The van der Waals surface area contributed by atoms with E-state index >= 15 is 0 Å². The van der Waals surface area contributed by atoms with E-state index in [2.05, 4.69) is 5.32 Å². The predicted molar refractivity (Wildman–Crippen MR) is 91.5 cm³/mol. The van der Waals surface area contributed by atoms with E-state index in [0.29, 0.717) is 6.61 Å². The number of carbonyl (C=O) groups excluding carboxylic acids is 1. The van der Waals surface area contributed by atoms with Crippen molar-refractivity contribution in [2.75, 3.05) is 6.61 Å². The monoisotopic (exact) mass is 327 g/mol. The number of ether oxygens (including phenoxy) is 1. The van der Waals surface area contributed by atoms with Gasteiger partial charge in [0.2, 0.25) is 5.91 Å². The molecule has 1 aliphatic carbocycles. The van der Waals surface area contributed by atoms with Crippen molar-refractivity contribution < 1.29 is 13.9 Å². The van der Waals surface area contributed by atoms with Crippen LogP contribution in [-0.4, -0.2) is 12.5 Å². The largest absolute Gasteiger partial charge is 0.494 e. The van der Waals surface area contributed by atoms with Crippen molar-refractivity contribution in [2.24, 2.45) is 0 Å². The summed E-state index contributed by atoms with van der Waals surface area (Å²) in [5.74, 6) is 0.554. The molecule has 0 aliphatic heterocycles. The van der Waals surface area contributed by atoms with E-state index in [-0.39, 0.29) is 17.8 Å². The second kappa shape index (κ2) is 6.63. The maximum Gasteiger partial charge on any atom is 0.231 e. The molecular weight excluding hydrogens is 305 g/mol. The molecule has 1 aliphatic rings. The molecule has 4 heteroatoms. The smallest absolute Gasteiger partial charge is 0.231 e. The Bertz CT molecular complexity index is 705. The van der Waals surface area contributed by atoms with Crippen LogP contribution in [0.25, 0.3) is 0 Å². The molecule has 0 spiro atoms. The van der Waals surface area contributed by atoms with Gasteiger partial charge in [-0.15, -0.1) is 0 Å². The molecule has 1 N–H and O–H groups in total. The Labute approximate surface area is 141 Å². The average molecular weight is 327 g/mol. The van der Waals surface area contributed by atoms with Gasteiger partial charge in [0.1, 0.15) is 11.6 Å². The van der Waals surface area contributed by atoms with Gasteiger partial charge < -0.3 is 10.1 Å². The van der Waals surface area contributed by atoms with Gasteiger partial charge in [-0.05, 0) is 62.1 Å². The van der Waals surface area contributed by atoms with Crippen molar-refractivity contribution in [3.63, 3.8) is 0 Å². The molecule has 0 radical (unpaired) electrons. The van der Waals surface area contributed by atoms with Crippen LogP contribution in [0.4, 0.5) is 4.39 Å². The van der Waals surface area contributed by atoms with Gasteiger partial charge in [-0.2, -0.15) is 0 Å². The number of benzene rings is 2. The summed E-state index contributed by atoms with van der Waals surface area (Å²) in [7, 11) is 0. The summed E-state index contributed by atoms with van der Waals surface area (Å²) in [6, 6.07) is 13.9. The van der Waals surface area contributed by atoms with E-state index < -0.39 is 5.41 Å². The van der Waals surface area contributed by atoms with Crippen molar-refractivity contribution in [1.82, 2.24) is 5.32 Å². The van der Waals surface area contributed by atoms with Gasteiger partial charge in [-0.25, -0.2) is 4.39 Å². The van der Waals surface area contributed by atoms with Gasteiger partial charge in [-0.1, -0.05) is 24.3 Å². The maximum absolute atomic E-state index is 13.1. The molecule has 1 amide bonds. The van der Waals surface area contributed by atoms with Crippen molar-refractivity contribution >= 4 is 5.91 Å². The molecule has 0 aromatic heterocycles. The molecule has 0 heterocycles. The van der Waals surface area contributed by atoms with E-state index in [1.54, 1.807) is 12.1 Å². The van der Waals surface area contributed by atoms with Crippen LogP contribution < -0.4 is 10.1 Å². The van der Waals surface area contributed by atoms with Crippen LogP contribution in [0.5, 0.6) is 5.75 Å². The third kappa shape index (κ3) is 3.28. The van der Waals surface area contributed by atoms with Crippen LogP contribution in [0.15, 0.2) is 48.5 Å². The number of hydrogen-bond donors (Lipinski definition) is 1.